The molecule has 0 unspecified atom stereocenters. The van der Waals surface area contributed by atoms with Crippen LogP contribution in [0.15, 0.2) is 18.2 Å². The molecule has 0 N–H and O–H groups in total. The topological polar surface area (TPSA) is 54.0 Å². The molecule has 1 aliphatic rings. The molecule has 5 nitrogen and oxygen atoms in total. The molecule has 0 saturated carbocycles. The molecule has 1 heterocycles. The van der Waals surface area contributed by atoms with Gasteiger partial charge in [-0.3, -0.25) is 0 Å². The molecule has 24 heavy (non-hydrogen) atoms. The standard InChI is InChI=1S/C18H27BO5/c1-16(2,3)22-15(20)13-10-9-12(21-8)11-14(13)19-23-17(4,5)18(6,7)24-19/h9-11H,1-8H3. The van der Waals surface area contributed by atoms with Gasteiger partial charge >= 0.3 is 13.1 Å². The lowest BCUT2D eigenvalue weighted by molar-refractivity contribution is 0.00578. The van der Waals surface area contributed by atoms with Crippen LogP contribution in [0.1, 0.15) is 58.8 Å². The Bertz CT molecular complexity index is 615. The van der Waals surface area contributed by atoms with Gasteiger partial charge in [-0.2, -0.15) is 0 Å². The fourth-order valence-electron chi connectivity index (χ4n) is 2.35. The number of rotatable bonds is 3. The van der Waals surface area contributed by atoms with E-state index in [4.69, 9.17) is 18.8 Å². The van der Waals surface area contributed by atoms with E-state index >= 15 is 0 Å². The Kier molecular flexibility index (Phi) is 4.77. The molecule has 0 aromatic heterocycles. The Hall–Kier alpha value is -1.53. The first-order chi connectivity index (χ1) is 10.9. The van der Waals surface area contributed by atoms with E-state index in [-0.39, 0.29) is 0 Å². The van der Waals surface area contributed by atoms with Gasteiger partial charge in [0.15, 0.2) is 0 Å². The molecule has 1 aromatic carbocycles. The highest BCUT2D eigenvalue weighted by molar-refractivity contribution is 6.63. The van der Waals surface area contributed by atoms with E-state index in [0.29, 0.717) is 16.8 Å². The van der Waals surface area contributed by atoms with E-state index in [0.717, 1.165) is 0 Å². The molecule has 0 spiro atoms. The SMILES string of the molecule is COc1ccc(C(=O)OC(C)(C)C)c(B2OC(C)(C)C(C)(C)O2)c1. The molecular formula is C18H27BO5. The van der Waals surface area contributed by atoms with Crippen molar-refractivity contribution < 1.29 is 23.6 Å². The van der Waals surface area contributed by atoms with Gasteiger partial charge in [-0.15, -0.1) is 0 Å². The number of carbonyl (C=O) groups is 1. The lowest BCUT2D eigenvalue weighted by Gasteiger charge is -2.32. The number of carbonyl (C=O) groups excluding carboxylic acids is 1. The molecule has 1 aliphatic heterocycles. The summed E-state index contributed by atoms with van der Waals surface area (Å²) in [7, 11) is 0.920. The first-order valence-corrected chi connectivity index (χ1v) is 8.13. The van der Waals surface area contributed by atoms with Crippen molar-refractivity contribution in [3.8, 4) is 5.75 Å². The van der Waals surface area contributed by atoms with Gasteiger partial charge in [-0.1, -0.05) is 0 Å². The third-order valence-electron chi connectivity index (χ3n) is 4.38. The van der Waals surface area contributed by atoms with E-state index in [1.54, 1.807) is 25.3 Å². The number of ether oxygens (including phenoxy) is 2. The highest BCUT2D eigenvalue weighted by atomic mass is 16.7. The number of benzene rings is 1. The zero-order valence-electron chi connectivity index (χ0n) is 15.9. The van der Waals surface area contributed by atoms with Crippen LogP contribution in [0.4, 0.5) is 0 Å². The van der Waals surface area contributed by atoms with Gasteiger partial charge in [-0.25, -0.2) is 4.79 Å². The predicted molar refractivity (Wildman–Crippen MR) is 93.9 cm³/mol. The Balaban J connectivity index is 2.43. The van der Waals surface area contributed by atoms with Gasteiger partial charge in [0.2, 0.25) is 0 Å². The van der Waals surface area contributed by atoms with Crippen LogP contribution in [0.2, 0.25) is 0 Å². The average Bonchev–Trinajstić information content (AvgIpc) is 2.64. The van der Waals surface area contributed by atoms with Crippen molar-refractivity contribution in [1.82, 2.24) is 0 Å². The zero-order valence-corrected chi connectivity index (χ0v) is 15.9. The van der Waals surface area contributed by atoms with Crippen LogP contribution in [0.5, 0.6) is 5.75 Å². The summed E-state index contributed by atoms with van der Waals surface area (Å²) in [5, 5.41) is 0. The molecule has 1 saturated heterocycles. The maximum Gasteiger partial charge on any atom is 0.495 e. The molecule has 1 aromatic rings. The maximum absolute atomic E-state index is 12.6. The molecule has 132 valence electrons. The van der Waals surface area contributed by atoms with E-state index in [1.807, 2.05) is 48.5 Å². The molecule has 0 radical (unpaired) electrons. The Morgan fingerprint density at radius 1 is 1.08 bits per heavy atom. The molecule has 0 amide bonds. The second-order valence-electron chi connectivity index (χ2n) is 8.04. The van der Waals surface area contributed by atoms with Crippen LogP contribution < -0.4 is 10.2 Å². The van der Waals surface area contributed by atoms with Crippen molar-refractivity contribution in [3.63, 3.8) is 0 Å². The Labute approximate surface area is 144 Å². The van der Waals surface area contributed by atoms with Gasteiger partial charge in [0.1, 0.15) is 11.4 Å². The summed E-state index contributed by atoms with van der Waals surface area (Å²) in [6, 6.07) is 5.18. The first kappa shape index (κ1) is 18.8. The second kappa shape index (κ2) is 6.08. The fourth-order valence-corrected chi connectivity index (χ4v) is 2.35. The smallest absolute Gasteiger partial charge is 0.495 e. The second-order valence-corrected chi connectivity index (χ2v) is 8.04. The van der Waals surface area contributed by atoms with Crippen LogP contribution in [0, 0.1) is 0 Å². The predicted octanol–water partition coefficient (Wildman–Crippen LogP) is 2.95. The van der Waals surface area contributed by atoms with Crippen LogP contribution in [-0.4, -0.2) is 37.0 Å². The molecule has 1 fully saturated rings. The minimum atomic E-state index is -0.660. The summed E-state index contributed by atoms with van der Waals surface area (Å²) in [5.74, 6) is 0.224. The van der Waals surface area contributed by atoms with Crippen molar-refractivity contribution in [1.29, 1.82) is 0 Å². The average molecular weight is 334 g/mol. The normalized spacial score (nSPS) is 19.2. The van der Waals surface area contributed by atoms with Crippen LogP contribution in [0.25, 0.3) is 0 Å². The van der Waals surface area contributed by atoms with Crippen molar-refractivity contribution in [2.75, 3.05) is 7.11 Å². The van der Waals surface area contributed by atoms with Crippen LogP contribution in [0.3, 0.4) is 0 Å². The van der Waals surface area contributed by atoms with Crippen molar-refractivity contribution in [2.24, 2.45) is 0 Å². The fraction of sp³-hybridized carbons (Fsp3) is 0.611. The summed E-state index contributed by atoms with van der Waals surface area (Å²) >= 11 is 0. The lowest BCUT2D eigenvalue weighted by Crippen LogP contribution is -2.41. The lowest BCUT2D eigenvalue weighted by atomic mass is 9.75. The summed E-state index contributed by atoms with van der Waals surface area (Å²) in [5.41, 5.74) is -0.534. The summed E-state index contributed by atoms with van der Waals surface area (Å²) < 4.78 is 23.0. The summed E-state index contributed by atoms with van der Waals surface area (Å²) in [6.45, 7) is 13.4. The highest BCUT2D eigenvalue weighted by Gasteiger charge is 2.52. The maximum atomic E-state index is 12.6. The Morgan fingerprint density at radius 2 is 1.62 bits per heavy atom. The minimum Gasteiger partial charge on any atom is -0.497 e. The minimum absolute atomic E-state index is 0.408. The third-order valence-corrected chi connectivity index (χ3v) is 4.38. The summed E-state index contributed by atoms with van der Waals surface area (Å²) in [6.07, 6.45) is 0. The van der Waals surface area contributed by atoms with Gasteiger partial charge in [0.25, 0.3) is 0 Å². The number of methoxy groups -OCH3 is 1. The van der Waals surface area contributed by atoms with E-state index < -0.39 is 29.9 Å². The van der Waals surface area contributed by atoms with E-state index in [9.17, 15) is 4.79 Å². The molecule has 6 heteroatoms. The zero-order chi connectivity index (χ0) is 18.3. The van der Waals surface area contributed by atoms with Gasteiger partial charge in [-0.05, 0) is 66.7 Å². The molecule has 0 bridgehead atoms. The Morgan fingerprint density at radius 3 is 2.08 bits per heavy atom. The monoisotopic (exact) mass is 334 g/mol. The molecule has 2 rings (SSSR count). The van der Waals surface area contributed by atoms with Gasteiger partial charge in [0, 0.05) is 5.46 Å². The van der Waals surface area contributed by atoms with Crippen LogP contribution in [-0.2, 0) is 14.0 Å². The van der Waals surface area contributed by atoms with Crippen molar-refractivity contribution in [3.05, 3.63) is 23.8 Å². The first-order valence-electron chi connectivity index (χ1n) is 8.13. The van der Waals surface area contributed by atoms with E-state index in [2.05, 4.69) is 0 Å². The van der Waals surface area contributed by atoms with Gasteiger partial charge in [0.05, 0.1) is 23.9 Å². The molecular weight excluding hydrogens is 307 g/mol. The van der Waals surface area contributed by atoms with E-state index in [1.165, 1.54) is 0 Å². The van der Waals surface area contributed by atoms with Crippen molar-refractivity contribution >= 4 is 18.6 Å². The third kappa shape index (κ3) is 3.76. The molecule has 0 aliphatic carbocycles. The quantitative estimate of drug-likeness (QED) is 0.628. The van der Waals surface area contributed by atoms with Crippen molar-refractivity contribution in [2.45, 2.75) is 65.3 Å². The van der Waals surface area contributed by atoms with Gasteiger partial charge < -0.3 is 18.8 Å². The number of hydrogen-bond acceptors (Lipinski definition) is 5. The molecule has 0 atom stereocenters. The number of esters is 1. The number of hydrogen-bond donors (Lipinski definition) is 0. The largest absolute Gasteiger partial charge is 0.497 e. The van der Waals surface area contributed by atoms with Crippen LogP contribution >= 0.6 is 0 Å². The summed E-state index contributed by atoms with van der Waals surface area (Å²) in [4.78, 5) is 12.6. The highest BCUT2D eigenvalue weighted by Crippen LogP contribution is 2.37.